The number of aliphatic hydroxyl groups excluding tert-OH is 1. The zero-order valence-corrected chi connectivity index (χ0v) is 17.7. The van der Waals surface area contributed by atoms with Crippen LogP contribution in [-0.2, 0) is 14.6 Å². The van der Waals surface area contributed by atoms with Gasteiger partial charge in [-0.15, -0.1) is 0 Å². The van der Waals surface area contributed by atoms with E-state index in [1.165, 1.54) is 12.1 Å². The number of hydrogen-bond acceptors (Lipinski definition) is 6. The van der Waals surface area contributed by atoms with Crippen LogP contribution in [0.5, 0.6) is 0 Å². The summed E-state index contributed by atoms with van der Waals surface area (Å²) in [4.78, 5) is 6.04. The van der Waals surface area contributed by atoms with Gasteiger partial charge in [0.25, 0.3) is 0 Å². The van der Waals surface area contributed by atoms with E-state index < -0.39 is 27.7 Å². The summed E-state index contributed by atoms with van der Waals surface area (Å²) in [5.41, 5.74) is 0.442. The molecule has 7 nitrogen and oxygen atoms in total. The van der Waals surface area contributed by atoms with Crippen molar-refractivity contribution in [1.29, 1.82) is 0 Å². The second kappa shape index (κ2) is 7.37. The van der Waals surface area contributed by atoms with E-state index in [1.807, 2.05) is 32.6 Å². The topological polar surface area (TPSA) is 84.7 Å². The molecule has 1 fully saturated rings. The maximum atomic E-state index is 13.6. The molecule has 0 bridgehead atoms. The largest absolute Gasteiger partial charge is 0.356 e. The van der Waals surface area contributed by atoms with E-state index in [0.717, 1.165) is 6.26 Å². The molecule has 9 heteroatoms. The Kier molecular flexibility index (Phi) is 5.57. The average molecular weight is 414 g/mol. The lowest BCUT2D eigenvalue weighted by Gasteiger charge is -2.41. The summed E-state index contributed by atoms with van der Waals surface area (Å²) in [6.45, 7) is 8.70. The summed E-state index contributed by atoms with van der Waals surface area (Å²) in [6.07, 6.45) is 0.699. The van der Waals surface area contributed by atoms with Crippen LogP contribution in [-0.4, -0.2) is 59.3 Å². The molecule has 0 saturated carbocycles. The first-order chi connectivity index (χ1) is 12.9. The molecule has 1 aliphatic rings. The predicted molar refractivity (Wildman–Crippen MR) is 104 cm³/mol. The smallest absolute Gasteiger partial charge is 0.228 e. The molecule has 3 rings (SSSR count). The van der Waals surface area contributed by atoms with E-state index >= 15 is 0 Å². The van der Waals surface area contributed by atoms with Crippen LogP contribution in [0.25, 0.3) is 11.0 Å². The number of piperidine rings is 1. The average Bonchev–Trinajstić information content (AvgIpc) is 2.91. The molecule has 0 radical (unpaired) electrons. The fraction of sp³-hybridized carbons (Fsp3) is 0.632. The van der Waals surface area contributed by atoms with Crippen molar-refractivity contribution in [3.8, 4) is 0 Å². The Hall–Kier alpha value is -1.55. The number of hydrogen-bond donors (Lipinski definition) is 1. The van der Waals surface area contributed by atoms with Gasteiger partial charge >= 0.3 is 0 Å². The fourth-order valence-electron chi connectivity index (χ4n) is 3.77. The Morgan fingerprint density at radius 3 is 2.61 bits per heavy atom. The number of fused-ring (bicyclic) bond motifs is 1. The SMILES string of the molecule is C[C@H]1CN(C(O)OC(C)(C)C)CC[C@@H]1n1c(S(C)(=O)=O)nc2cc(F)ccc21. The third kappa shape index (κ3) is 4.37. The lowest BCUT2D eigenvalue weighted by atomic mass is 9.93. The van der Waals surface area contributed by atoms with Crippen LogP contribution in [0, 0.1) is 11.7 Å². The first-order valence-electron chi connectivity index (χ1n) is 9.34. The highest BCUT2D eigenvalue weighted by atomic mass is 32.2. The van der Waals surface area contributed by atoms with Crippen LogP contribution in [0.3, 0.4) is 0 Å². The van der Waals surface area contributed by atoms with Gasteiger partial charge in [0.05, 0.1) is 16.6 Å². The normalized spacial score (nSPS) is 23.2. The predicted octanol–water partition coefficient (Wildman–Crippen LogP) is 2.55. The van der Waals surface area contributed by atoms with E-state index in [9.17, 15) is 17.9 Å². The number of sulfone groups is 1. The van der Waals surface area contributed by atoms with Crippen LogP contribution in [0.15, 0.2) is 23.4 Å². The number of aliphatic hydroxyl groups is 1. The minimum Gasteiger partial charge on any atom is -0.356 e. The number of benzene rings is 1. The third-order valence-corrected chi connectivity index (χ3v) is 5.90. The number of nitrogens with zero attached hydrogens (tertiary/aromatic N) is 3. The molecule has 1 N–H and O–H groups in total. The van der Waals surface area contributed by atoms with Gasteiger partial charge in [0.1, 0.15) is 5.82 Å². The molecule has 3 atom stereocenters. The first kappa shape index (κ1) is 21.2. The molecule has 156 valence electrons. The van der Waals surface area contributed by atoms with Crippen molar-refractivity contribution in [3.63, 3.8) is 0 Å². The second-order valence-corrected chi connectivity index (χ2v) is 10.5. The number of ether oxygens (including phenoxy) is 1. The van der Waals surface area contributed by atoms with Gasteiger partial charge in [-0.1, -0.05) is 6.92 Å². The molecule has 1 aromatic heterocycles. The maximum absolute atomic E-state index is 13.6. The maximum Gasteiger partial charge on any atom is 0.228 e. The van der Waals surface area contributed by atoms with Crippen molar-refractivity contribution in [2.24, 2.45) is 5.92 Å². The molecule has 1 unspecified atom stereocenters. The number of likely N-dealkylation sites (tertiary alicyclic amines) is 1. The lowest BCUT2D eigenvalue weighted by Crippen LogP contribution is -2.49. The summed E-state index contributed by atoms with van der Waals surface area (Å²) in [6, 6.07) is 4.00. The van der Waals surface area contributed by atoms with E-state index in [4.69, 9.17) is 4.74 Å². The third-order valence-electron chi connectivity index (χ3n) is 4.95. The van der Waals surface area contributed by atoms with Crippen molar-refractivity contribution >= 4 is 20.9 Å². The minimum absolute atomic E-state index is 0.0231. The van der Waals surface area contributed by atoms with Gasteiger partial charge in [0.15, 0.2) is 0 Å². The molecule has 1 aromatic carbocycles. The van der Waals surface area contributed by atoms with Gasteiger partial charge in [-0.05, 0) is 45.2 Å². The molecule has 0 spiro atoms. The second-order valence-electron chi connectivity index (χ2n) is 8.55. The van der Waals surface area contributed by atoms with Crippen LogP contribution >= 0.6 is 0 Å². The van der Waals surface area contributed by atoms with Crippen LogP contribution in [0.1, 0.15) is 40.2 Å². The van der Waals surface area contributed by atoms with Gasteiger partial charge in [-0.3, -0.25) is 4.90 Å². The molecule has 2 aromatic rings. The zero-order chi connectivity index (χ0) is 20.9. The number of imidazole rings is 1. The lowest BCUT2D eigenvalue weighted by molar-refractivity contribution is -0.246. The Morgan fingerprint density at radius 2 is 2.04 bits per heavy atom. The number of aromatic nitrogens is 2. The van der Waals surface area contributed by atoms with Crippen molar-refractivity contribution < 1.29 is 22.7 Å². The van der Waals surface area contributed by atoms with Crippen LogP contribution < -0.4 is 0 Å². The van der Waals surface area contributed by atoms with Crippen molar-refractivity contribution in [3.05, 3.63) is 24.0 Å². The van der Waals surface area contributed by atoms with E-state index in [-0.39, 0.29) is 17.1 Å². The van der Waals surface area contributed by atoms with Crippen molar-refractivity contribution in [1.82, 2.24) is 14.5 Å². The summed E-state index contributed by atoms with van der Waals surface area (Å²) in [5, 5.41) is 10.3. The summed E-state index contributed by atoms with van der Waals surface area (Å²) in [7, 11) is -3.59. The molecular weight excluding hydrogens is 385 g/mol. The molecule has 0 amide bonds. The summed E-state index contributed by atoms with van der Waals surface area (Å²) < 4.78 is 45.6. The summed E-state index contributed by atoms with van der Waals surface area (Å²) in [5.74, 6) is -0.433. The highest BCUT2D eigenvalue weighted by molar-refractivity contribution is 7.90. The Labute approximate surface area is 165 Å². The van der Waals surface area contributed by atoms with Gasteiger partial charge in [0.2, 0.25) is 21.4 Å². The Morgan fingerprint density at radius 1 is 1.36 bits per heavy atom. The van der Waals surface area contributed by atoms with Crippen LogP contribution in [0.2, 0.25) is 0 Å². The summed E-state index contributed by atoms with van der Waals surface area (Å²) >= 11 is 0. The fourth-order valence-corrected chi connectivity index (χ4v) is 4.63. The van der Waals surface area contributed by atoms with Gasteiger partial charge in [-0.25, -0.2) is 17.8 Å². The Balaban J connectivity index is 1.94. The molecule has 2 heterocycles. The van der Waals surface area contributed by atoms with Crippen molar-refractivity contribution in [2.75, 3.05) is 19.3 Å². The van der Waals surface area contributed by atoms with E-state index in [1.54, 1.807) is 10.6 Å². The van der Waals surface area contributed by atoms with E-state index in [2.05, 4.69) is 4.98 Å². The molecular formula is C19H28FN3O4S. The quantitative estimate of drug-likeness (QED) is 0.776. The zero-order valence-electron chi connectivity index (χ0n) is 16.9. The highest BCUT2D eigenvalue weighted by Crippen LogP contribution is 2.35. The monoisotopic (exact) mass is 413 g/mol. The Bertz CT molecular complexity index is 967. The molecule has 0 aliphatic carbocycles. The highest BCUT2D eigenvalue weighted by Gasteiger charge is 2.35. The molecule has 1 saturated heterocycles. The number of halogens is 1. The molecule has 28 heavy (non-hydrogen) atoms. The van der Waals surface area contributed by atoms with E-state index in [0.29, 0.717) is 30.5 Å². The van der Waals surface area contributed by atoms with Crippen LogP contribution in [0.4, 0.5) is 4.39 Å². The van der Waals surface area contributed by atoms with Gasteiger partial charge in [0, 0.05) is 31.5 Å². The minimum atomic E-state index is -3.59. The first-order valence-corrected chi connectivity index (χ1v) is 11.2. The number of rotatable bonds is 4. The molecule has 1 aliphatic heterocycles. The van der Waals surface area contributed by atoms with Gasteiger partial charge < -0.3 is 14.4 Å². The standard InChI is InChI=1S/C19H28FN3O4S/c1-12-11-22(18(24)27-19(2,3)4)9-8-15(12)23-16-7-6-13(20)10-14(16)21-17(23)28(5,25)26/h6-7,10,12,15,18,24H,8-9,11H2,1-5H3/t12-,15-,18?/m0/s1. The van der Waals surface area contributed by atoms with Gasteiger partial charge in [-0.2, -0.15) is 0 Å². The van der Waals surface area contributed by atoms with Crippen molar-refractivity contribution in [2.45, 2.75) is 57.3 Å².